The molecular formula is C11H17N3O2S. The molecule has 0 aliphatic carbocycles. The van der Waals surface area contributed by atoms with E-state index < -0.39 is 0 Å². The predicted octanol–water partition coefficient (Wildman–Crippen LogP) is 2.05. The van der Waals surface area contributed by atoms with E-state index in [1.165, 1.54) is 11.3 Å². The fourth-order valence-corrected chi connectivity index (χ4v) is 2.42. The highest BCUT2D eigenvalue weighted by atomic mass is 32.1. The highest BCUT2D eigenvalue weighted by molar-refractivity contribution is 7.17. The Morgan fingerprint density at radius 3 is 2.71 bits per heavy atom. The third kappa shape index (κ3) is 3.02. The Morgan fingerprint density at radius 2 is 2.24 bits per heavy atom. The van der Waals surface area contributed by atoms with Crippen molar-refractivity contribution in [2.45, 2.75) is 19.4 Å². The molecule has 1 atom stereocenters. The van der Waals surface area contributed by atoms with Gasteiger partial charge in [0.2, 0.25) is 0 Å². The van der Waals surface area contributed by atoms with Crippen molar-refractivity contribution in [1.82, 2.24) is 0 Å². The van der Waals surface area contributed by atoms with E-state index in [0.717, 1.165) is 11.4 Å². The average molecular weight is 255 g/mol. The molecule has 0 aromatic carbocycles. The molecule has 17 heavy (non-hydrogen) atoms. The number of anilines is 2. The molecule has 1 unspecified atom stereocenters. The minimum atomic E-state index is 0.179. The lowest BCUT2D eigenvalue weighted by molar-refractivity contribution is 0.184. The van der Waals surface area contributed by atoms with Gasteiger partial charge in [0, 0.05) is 7.11 Å². The van der Waals surface area contributed by atoms with Crippen molar-refractivity contribution >= 4 is 22.0 Å². The van der Waals surface area contributed by atoms with Crippen LogP contribution in [0, 0.1) is 11.3 Å². The Morgan fingerprint density at radius 1 is 1.53 bits per heavy atom. The number of thiophene rings is 1. The minimum Gasteiger partial charge on any atom is -0.492 e. The Bertz CT molecular complexity index is 412. The molecule has 94 valence electrons. The molecule has 3 N–H and O–H groups in total. The van der Waals surface area contributed by atoms with Gasteiger partial charge in [0.1, 0.15) is 21.6 Å². The van der Waals surface area contributed by atoms with Crippen molar-refractivity contribution in [2.75, 3.05) is 31.9 Å². The summed E-state index contributed by atoms with van der Waals surface area (Å²) in [6, 6.07) is 2.24. The van der Waals surface area contributed by atoms with Crippen LogP contribution >= 0.6 is 11.3 Å². The third-order valence-corrected chi connectivity index (χ3v) is 3.42. The molecule has 0 bridgehead atoms. The average Bonchev–Trinajstić information content (AvgIpc) is 2.64. The molecule has 0 aliphatic rings. The van der Waals surface area contributed by atoms with E-state index in [4.69, 9.17) is 20.5 Å². The molecular weight excluding hydrogens is 238 g/mol. The predicted molar refractivity (Wildman–Crippen MR) is 69.6 cm³/mol. The van der Waals surface area contributed by atoms with Crippen molar-refractivity contribution in [1.29, 1.82) is 5.26 Å². The maximum absolute atomic E-state index is 8.92. The van der Waals surface area contributed by atoms with E-state index in [0.29, 0.717) is 22.9 Å². The Kier molecular flexibility index (Phi) is 5.07. The summed E-state index contributed by atoms with van der Waals surface area (Å²) >= 11 is 1.30. The zero-order chi connectivity index (χ0) is 12.8. The molecule has 1 heterocycles. The van der Waals surface area contributed by atoms with Crippen molar-refractivity contribution in [3.05, 3.63) is 4.88 Å². The largest absolute Gasteiger partial charge is 0.492 e. The highest BCUT2D eigenvalue weighted by Gasteiger charge is 2.18. The summed E-state index contributed by atoms with van der Waals surface area (Å²) in [6.07, 6.45) is 0.913. The summed E-state index contributed by atoms with van der Waals surface area (Å²) in [5.41, 5.74) is 6.21. The summed E-state index contributed by atoms with van der Waals surface area (Å²) in [5.74, 6) is 0.543. The zero-order valence-electron chi connectivity index (χ0n) is 10.2. The van der Waals surface area contributed by atoms with Crippen LogP contribution in [-0.2, 0) is 4.74 Å². The van der Waals surface area contributed by atoms with Crippen LogP contribution in [-0.4, -0.2) is 26.9 Å². The number of ether oxygens (including phenoxy) is 2. The van der Waals surface area contributed by atoms with Crippen LogP contribution in [0.3, 0.4) is 0 Å². The molecule has 5 nitrogen and oxygen atoms in total. The quantitative estimate of drug-likeness (QED) is 0.813. The summed E-state index contributed by atoms with van der Waals surface area (Å²) in [4.78, 5) is 0.469. The monoisotopic (exact) mass is 255 g/mol. The maximum Gasteiger partial charge on any atom is 0.177 e. The second-order valence-corrected chi connectivity index (χ2v) is 4.54. The first-order chi connectivity index (χ1) is 8.17. The first-order valence-electron chi connectivity index (χ1n) is 5.29. The summed E-state index contributed by atoms with van der Waals surface area (Å²) in [7, 11) is 3.20. The lowest BCUT2D eigenvalue weighted by atomic mass is 10.2. The molecule has 0 fully saturated rings. The number of nitrogens with one attached hydrogen (secondary N) is 1. The van der Waals surface area contributed by atoms with Crippen LogP contribution in [0.25, 0.3) is 0 Å². The number of methoxy groups -OCH3 is 2. The fourth-order valence-electron chi connectivity index (χ4n) is 1.46. The van der Waals surface area contributed by atoms with Crippen LogP contribution in [0.15, 0.2) is 0 Å². The summed E-state index contributed by atoms with van der Waals surface area (Å²) in [5, 5.41) is 13.0. The van der Waals surface area contributed by atoms with E-state index in [-0.39, 0.29) is 6.04 Å². The van der Waals surface area contributed by atoms with E-state index in [2.05, 4.69) is 18.3 Å². The minimum absolute atomic E-state index is 0.179. The van der Waals surface area contributed by atoms with E-state index in [9.17, 15) is 0 Å². The molecule has 1 aromatic heterocycles. The lowest BCUT2D eigenvalue weighted by Crippen LogP contribution is -2.23. The molecule has 1 rings (SSSR count). The van der Waals surface area contributed by atoms with E-state index in [1.807, 2.05) is 0 Å². The van der Waals surface area contributed by atoms with Gasteiger partial charge in [-0.2, -0.15) is 5.26 Å². The molecule has 6 heteroatoms. The fraction of sp³-hybridized carbons (Fsp3) is 0.545. The molecule has 0 amide bonds. The van der Waals surface area contributed by atoms with E-state index >= 15 is 0 Å². The van der Waals surface area contributed by atoms with Gasteiger partial charge in [0.25, 0.3) is 0 Å². The lowest BCUT2D eigenvalue weighted by Gasteiger charge is -2.16. The van der Waals surface area contributed by atoms with Gasteiger partial charge in [-0.3, -0.25) is 0 Å². The summed E-state index contributed by atoms with van der Waals surface area (Å²) in [6.45, 7) is 2.66. The number of nitrogens with two attached hydrogens (primary N) is 1. The van der Waals surface area contributed by atoms with Gasteiger partial charge in [-0.25, -0.2) is 0 Å². The van der Waals surface area contributed by atoms with Crippen LogP contribution in [0.4, 0.5) is 10.7 Å². The topological polar surface area (TPSA) is 80.3 Å². The van der Waals surface area contributed by atoms with Crippen molar-refractivity contribution in [3.63, 3.8) is 0 Å². The van der Waals surface area contributed by atoms with Crippen LogP contribution < -0.4 is 15.8 Å². The van der Waals surface area contributed by atoms with Crippen molar-refractivity contribution in [2.24, 2.45) is 0 Å². The van der Waals surface area contributed by atoms with Gasteiger partial charge in [-0.15, -0.1) is 11.3 Å². The van der Waals surface area contributed by atoms with Crippen LogP contribution in [0.1, 0.15) is 18.2 Å². The number of nitrogen functional groups attached to an aromatic ring is 1. The number of nitriles is 1. The number of hydrogen-bond acceptors (Lipinski definition) is 6. The number of hydrogen-bond donors (Lipinski definition) is 2. The van der Waals surface area contributed by atoms with Crippen molar-refractivity contribution < 1.29 is 9.47 Å². The van der Waals surface area contributed by atoms with Crippen LogP contribution in [0.5, 0.6) is 5.75 Å². The number of nitrogens with zero attached hydrogens (tertiary/aromatic N) is 1. The van der Waals surface area contributed by atoms with Gasteiger partial charge in [0.05, 0.1) is 19.8 Å². The number of rotatable bonds is 6. The third-order valence-electron chi connectivity index (χ3n) is 2.40. The first-order valence-corrected chi connectivity index (χ1v) is 6.11. The summed E-state index contributed by atoms with van der Waals surface area (Å²) < 4.78 is 10.3. The second kappa shape index (κ2) is 6.33. The molecule has 0 saturated heterocycles. The van der Waals surface area contributed by atoms with E-state index in [1.54, 1.807) is 14.2 Å². The molecule has 0 saturated carbocycles. The molecule has 1 aromatic rings. The normalized spacial score (nSPS) is 11.9. The SMILES string of the molecule is CCC(COC)Nc1sc(C#N)c(N)c1OC. The Labute approximate surface area is 105 Å². The van der Waals surface area contributed by atoms with Crippen LogP contribution in [0.2, 0.25) is 0 Å². The zero-order valence-corrected chi connectivity index (χ0v) is 11.1. The van der Waals surface area contributed by atoms with Gasteiger partial charge in [-0.1, -0.05) is 6.92 Å². The van der Waals surface area contributed by atoms with Gasteiger partial charge >= 0.3 is 0 Å². The molecule has 0 radical (unpaired) electrons. The molecule has 0 aliphatic heterocycles. The highest BCUT2D eigenvalue weighted by Crippen LogP contribution is 2.42. The smallest absolute Gasteiger partial charge is 0.177 e. The molecule has 0 spiro atoms. The second-order valence-electron chi connectivity index (χ2n) is 3.52. The van der Waals surface area contributed by atoms with Gasteiger partial charge in [0.15, 0.2) is 5.75 Å². The standard InChI is InChI=1S/C11H17N3O2S/c1-4-7(6-15-2)14-11-10(16-3)9(13)8(5-12)17-11/h7,14H,4,6,13H2,1-3H3. The maximum atomic E-state index is 8.92. The Balaban J connectivity index is 2.93. The van der Waals surface area contributed by atoms with Crippen molar-refractivity contribution in [3.8, 4) is 11.8 Å². The first kappa shape index (κ1) is 13.6. The van der Waals surface area contributed by atoms with Gasteiger partial charge < -0.3 is 20.5 Å². The van der Waals surface area contributed by atoms with Gasteiger partial charge in [-0.05, 0) is 6.42 Å². The Hall–Kier alpha value is -1.45.